The molecule has 0 bridgehead atoms. The quantitative estimate of drug-likeness (QED) is 0.391. The van der Waals surface area contributed by atoms with Gasteiger partial charge in [0.25, 0.3) is 0 Å². The third-order valence-corrected chi connectivity index (χ3v) is 6.12. The van der Waals surface area contributed by atoms with Crippen molar-refractivity contribution in [3.63, 3.8) is 0 Å². The van der Waals surface area contributed by atoms with Gasteiger partial charge in [0.2, 0.25) is 11.8 Å². The Morgan fingerprint density at radius 3 is 1.94 bits per heavy atom. The van der Waals surface area contributed by atoms with Gasteiger partial charge in [0.1, 0.15) is 6.04 Å². The first-order valence-electron chi connectivity index (χ1n) is 11.3. The molecular formula is C28H31BrN2O2. The van der Waals surface area contributed by atoms with Crippen LogP contribution < -0.4 is 5.32 Å². The average Bonchev–Trinajstić information content (AvgIpc) is 2.81. The first kappa shape index (κ1) is 24.7. The average molecular weight is 507 g/mol. The minimum Gasteiger partial charge on any atom is -0.352 e. The van der Waals surface area contributed by atoms with Crippen LogP contribution in [0.25, 0.3) is 0 Å². The van der Waals surface area contributed by atoms with Crippen LogP contribution in [-0.2, 0) is 16.1 Å². The van der Waals surface area contributed by atoms with Crippen molar-refractivity contribution < 1.29 is 9.59 Å². The van der Waals surface area contributed by atoms with E-state index in [0.29, 0.717) is 6.54 Å². The lowest BCUT2D eigenvalue weighted by Gasteiger charge is -2.31. The minimum absolute atomic E-state index is 0.00385. The zero-order valence-corrected chi connectivity index (χ0v) is 21.0. The summed E-state index contributed by atoms with van der Waals surface area (Å²) in [7, 11) is 0. The van der Waals surface area contributed by atoms with Gasteiger partial charge in [0.05, 0.1) is 0 Å². The molecule has 0 aliphatic rings. The molecule has 5 heteroatoms. The van der Waals surface area contributed by atoms with Gasteiger partial charge in [-0.1, -0.05) is 88.7 Å². The van der Waals surface area contributed by atoms with Gasteiger partial charge in [-0.05, 0) is 49.6 Å². The second-order valence-corrected chi connectivity index (χ2v) is 9.48. The molecule has 0 saturated heterocycles. The molecule has 0 spiro atoms. The van der Waals surface area contributed by atoms with Crippen LogP contribution in [0.5, 0.6) is 0 Å². The number of halogens is 1. The predicted octanol–water partition coefficient (Wildman–Crippen LogP) is 5.91. The van der Waals surface area contributed by atoms with Crippen LogP contribution in [0.4, 0.5) is 0 Å². The standard InChI is InChI=1S/C28H31BrN2O2/c1-20(2)30-28(33)21(3)31(19-22-11-10-16-25(29)17-22)27(32)18-26(23-12-6-4-7-13-23)24-14-8-5-9-15-24/h4-17,20-21,26H,18-19H2,1-3H3,(H,30,33)/t21-/m0/s1. The highest BCUT2D eigenvalue weighted by atomic mass is 79.9. The fourth-order valence-electron chi connectivity index (χ4n) is 3.91. The molecule has 0 radical (unpaired) electrons. The fourth-order valence-corrected chi connectivity index (χ4v) is 4.36. The smallest absolute Gasteiger partial charge is 0.242 e. The van der Waals surface area contributed by atoms with Gasteiger partial charge >= 0.3 is 0 Å². The fraction of sp³-hybridized carbons (Fsp3) is 0.286. The third-order valence-electron chi connectivity index (χ3n) is 5.62. The number of rotatable bonds is 9. The molecule has 0 heterocycles. The van der Waals surface area contributed by atoms with E-state index in [4.69, 9.17) is 0 Å². The molecule has 0 fully saturated rings. The molecular weight excluding hydrogens is 476 g/mol. The first-order valence-corrected chi connectivity index (χ1v) is 12.1. The van der Waals surface area contributed by atoms with Gasteiger partial charge in [-0.15, -0.1) is 0 Å². The van der Waals surface area contributed by atoms with Gasteiger partial charge in [-0.2, -0.15) is 0 Å². The van der Waals surface area contributed by atoms with Crippen LogP contribution in [0.3, 0.4) is 0 Å². The van der Waals surface area contributed by atoms with Crippen molar-refractivity contribution >= 4 is 27.7 Å². The molecule has 0 aliphatic carbocycles. The Labute approximate surface area is 205 Å². The maximum absolute atomic E-state index is 13.8. The summed E-state index contributed by atoms with van der Waals surface area (Å²) < 4.78 is 0.943. The number of nitrogens with zero attached hydrogens (tertiary/aromatic N) is 1. The van der Waals surface area contributed by atoms with Crippen LogP contribution in [0, 0.1) is 0 Å². The van der Waals surface area contributed by atoms with E-state index in [1.165, 1.54) is 0 Å². The second-order valence-electron chi connectivity index (χ2n) is 8.57. The minimum atomic E-state index is -0.592. The van der Waals surface area contributed by atoms with Gasteiger partial charge in [-0.3, -0.25) is 9.59 Å². The zero-order valence-electron chi connectivity index (χ0n) is 19.4. The molecule has 0 unspecified atom stereocenters. The summed E-state index contributed by atoms with van der Waals surface area (Å²) >= 11 is 3.51. The molecule has 0 aliphatic heterocycles. The molecule has 33 heavy (non-hydrogen) atoms. The maximum Gasteiger partial charge on any atom is 0.242 e. The Morgan fingerprint density at radius 2 is 1.42 bits per heavy atom. The monoisotopic (exact) mass is 506 g/mol. The van der Waals surface area contributed by atoms with Crippen LogP contribution >= 0.6 is 15.9 Å². The topological polar surface area (TPSA) is 49.4 Å². The SMILES string of the molecule is CC(C)NC(=O)[C@H](C)N(Cc1cccc(Br)c1)C(=O)CC(c1ccccc1)c1ccccc1. The molecule has 0 saturated carbocycles. The van der Waals surface area contributed by atoms with Gasteiger partial charge in [0, 0.05) is 29.4 Å². The Morgan fingerprint density at radius 1 is 0.848 bits per heavy atom. The summed E-state index contributed by atoms with van der Waals surface area (Å²) in [5.74, 6) is -0.298. The Hall–Kier alpha value is -2.92. The molecule has 172 valence electrons. The van der Waals surface area contributed by atoms with Crippen molar-refractivity contribution in [2.45, 2.75) is 51.7 Å². The van der Waals surface area contributed by atoms with E-state index in [2.05, 4.69) is 45.5 Å². The number of benzene rings is 3. The van der Waals surface area contributed by atoms with E-state index < -0.39 is 6.04 Å². The Balaban J connectivity index is 1.92. The van der Waals surface area contributed by atoms with E-state index in [9.17, 15) is 9.59 Å². The molecule has 1 atom stereocenters. The van der Waals surface area contributed by atoms with Gasteiger partial charge in [-0.25, -0.2) is 0 Å². The highest BCUT2D eigenvalue weighted by Crippen LogP contribution is 2.29. The summed E-state index contributed by atoms with van der Waals surface area (Å²) in [6.45, 7) is 6.01. The van der Waals surface area contributed by atoms with Crippen molar-refractivity contribution in [1.29, 1.82) is 0 Å². The summed E-state index contributed by atoms with van der Waals surface area (Å²) in [5, 5.41) is 2.95. The van der Waals surface area contributed by atoms with Crippen molar-refractivity contribution in [3.8, 4) is 0 Å². The Bertz CT molecular complexity index is 1010. The first-order chi connectivity index (χ1) is 15.8. The van der Waals surface area contributed by atoms with Crippen LogP contribution in [0.2, 0.25) is 0 Å². The summed E-state index contributed by atoms with van der Waals surface area (Å²) in [5.41, 5.74) is 3.13. The number of hydrogen-bond donors (Lipinski definition) is 1. The highest BCUT2D eigenvalue weighted by molar-refractivity contribution is 9.10. The van der Waals surface area contributed by atoms with E-state index in [-0.39, 0.29) is 30.2 Å². The second kappa shape index (κ2) is 11.8. The predicted molar refractivity (Wildman–Crippen MR) is 137 cm³/mol. The van der Waals surface area contributed by atoms with E-state index in [0.717, 1.165) is 21.2 Å². The van der Waals surface area contributed by atoms with E-state index in [1.807, 2.05) is 74.5 Å². The molecule has 0 aromatic heterocycles. The van der Waals surface area contributed by atoms with Crippen LogP contribution in [0.1, 0.15) is 49.8 Å². The molecule has 3 aromatic carbocycles. The molecule has 3 aromatic rings. The maximum atomic E-state index is 13.8. The van der Waals surface area contributed by atoms with Crippen molar-refractivity contribution in [2.24, 2.45) is 0 Å². The molecule has 4 nitrogen and oxygen atoms in total. The molecule has 1 N–H and O–H groups in total. The van der Waals surface area contributed by atoms with Crippen molar-refractivity contribution in [1.82, 2.24) is 10.2 Å². The lowest BCUT2D eigenvalue weighted by Crippen LogP contribution is -2.49. The number of carbonyl (C=O) groups is 2. The largest absolute Gasteiger partial charge is 0.352 e. The number of nitrogens with one attached hydrogen (secondary N) is 1. The van der Waals surface area contributed by atoms with Crippen LogP contribution in [-0.4, -0.2) is 28.8 Å². The number of hydrogen-bond acceptors (Lipinski definition) is 2. The van der Waals surface area contributed by atoms with Gasteiger partial charge in [0.15, 0.2) is 0 Å². The Kier molecular flexibility index (Phi) is 8.84. The third kappa shape index (κ3) is 7.03. The van der Waals surface area contributed by atoms with Gasteiger partial charge < -0.3 is 10.2 Å². The molecule has 2 amide bonds. The lowest BCUT2D eigenvalue weighted by atomic mass is 9.88. The van der Waals surface area contributed by atoms with Crippen LogP contribution in [0.15, 0.2) is 89.4 Å². The number of amides is 2. The molecule has 3 rings (SSSR count). The summed E-state index contributed by atoms with van der Waals surface area (Å²) in [6.07, 6.45) is 0.279. The van der Waals surface area contributed by atoms with E-state index >= 15 is 0 Å². The van der Waals surface area contributed by atoms with E-state index in [1.54, 1.807) is 11.8 Å². The van der Waals surface area contributed by atoms with Crippen molar-refractivity contribution in [3.05, 3.63) is 106 Å². The normalized spacial score (nSPS) is 11.9. The lowest BCUT2D eigenvalue weighted by molar-refractivity contribution is -0.141. The van der Waals surface area contributed by atoms with Crippen molar-refractivity contribution in [2.75, 3.05) is 0 Å². The highest BCUT2D eigenvalue weighted by Gasteiger charge is 2.29. The summed E-state index contributed by atoms with van der Waals surface area (Å²) in [6, 6.07) is 27.4. The zero-order chi connectivity index (χ0) is 23.8. The number of carbonyl (C=O) groups excluding carboxylic acids is 2. The summed E-state index contributed by atoms with van der Waals surface area (Å²) in [4.78, 5) is 28.3.